The van der Waals surface area contributed by atoms with Gasteiger partial charge in [-0.15, -0.1) is 0 Å². The molecule has 0 aliphatic heterocycles. The fourth-order valence-corrected chi connectivity index (χ4v) is 6.21. The van der Waals surface area contributed by atoms with Gasteiger partial charge in [0.15, 0.2) is 12.6 Å². The first-order valence-corrected chi connectivity index (χ1v) is 15.3. The number of aryl methyl sites for hydroxylation is 1. The minimum absolute atomic E-state index is 0.637. The molecular weight excluding hydrogens is 528 g/mol. The Hall–Kier alpha value is -4.70. The van der Waals surface area contributed by atoms with Gasteiger partial charge in [0, 0.05) is 46.5 Å². The number of unbranched alkanes of at least 4 members (excludes halogenated alkanes) is 1. The van der Waals surface area contributed by atoms with Crippen molar-refractivity contribution in [2.24, 2.45) is 13.0 Å². The van der Waals surface area contributed by atoms with Crippen molar-refractivity contribution < 1.29 is 9.59 Å². The highest BCUT2D eigenvalue weighted by molar-refractivity contribution is 6.06. The molecule has 4 heteroatoms. The van der Waals surface area contributed by atoms with Crippen LogP contribution in [0.15, 0.2) is 109 Å². The average Bonchev–Trinajstić information content (AvgIpc) is 3.55. The molecule has 0 aliphatic rings. The minimum atomic E-state index is 0.637. The summed E-state index contributed by atoms with van der Waals surface area (Å²) in [6.45, 7) is 5.49. The summed E-state index contributed by atoms with van der Waals surface area (Å²) in [5, 5.41) is 2.07. The zero-order valence-electron chi connectivity index (χ0n) is 25.4. The third-order valence-electron chi connectivity index (χ3n) is 8.47. The number of para-hydroxylation sites is 2. The number of hydrogen-bond donors (Lipinski definition) is 0. The highest BCUT2D eigenvalue weighted by Gasteiger charge is 2.20. The largest absolute Gasteiger partial charge is 0.343 e. The Morgan fingerprint density at radius 2 is 1.12 bits per heavy atom. The van der Waals surface area contributed by atoms with Crippen molar-refractivity contribution in [1.29, 1.82) is 0 Å². The Kier molecular flexibility index (Phi) is 9.68. The summed E-state index contributed by atoms with van der Waals surface area (Å²) in [5.41, 5.74) is 8.05. The van der Waals surface area contributed by atoms with Gasteiger partial charge in [-0.25, -0.2) is 0 Å². The van der Waals surface area contributed by atoms with Crippen molar-refractivity contribution in [3.63, 3.8) is 0 Å². The summed E-state index contributed by atoms with van der Waals surface area (Å²) in [5.74, 6) is 0.637. The highest BCUT2D eigenvalue weighted by Crippen LogP contribution is 2.35. The fraction of sp³-hybridized carbons (Fsp3) is 0.231. The van der Waals surface area contributed by atoms with Crippen LogP contribution in [0.5, 0.6) is 0 Å². The number of carbonyl (C=O) groups is 2. The van der Waals surface area contributed by atoms with E-state index in [0.717, 1.165) is 75.5 Å². The number of nitrogens with zero attached hydrogens (tertiary/aromatic N) is 2. The summed E-state index contributed by atoms with van der Waals surface area (Å²) in [6, 6.07) is 36.6. The van der Waals surface area contributed by atoms with Gasteiger partial charge in [0.25, 0.3) is 0 Å². The normalized spacial score (nSPS) is 11.7. The van der Waals surface area contributed by atoms with Crippen LogP contribution in [0.2, 0.25) is 0 Å². The smallest absolute Gasteiger partial charge is 0.152 e. The van der Waals surface area contributed by atoms with Crippen molar-refractivity contribution >= 4 is 34.4 Å². The van der Waals surface area contributed by atoms with Crippen molar-refractivity contribution in [2.75, 3.05) is 0 Å². The van der Waals surface area contributed by atoms with Crippen molar-refractivity contribution in [3.8, 4) is 22.5 Å². The van der Waals surface area contributed by atoms with E-state index in [-0.39, 0.29) is 0 Å². The lowest BCUT2D eigenvalue weighted by Crippen LogP contribution is -2.11. The molecule has 0 bridgehead atoms. The average molecular weight is 569 g/mol. The van der Waals surface area contributed by atoms with Gasteiger partial charge in [0.1, 0.15) is 0 Å². The molecule has 0 N–H and O–H groups in total. The van der Waals surface area contributed by atoms with Gasteiger partial charge in [-0.3, -0.25) is 9.59 Å². The summed E-state index contributed by atoms with van der Waals surface area (Å²) in [6.07, 6.45) is 6.87. The van der Waals surface area contributed by atoms with Crippen LogP contribution in [-0.4, -0.2) is 21.7 Å². The van der Waals surface area contributed by atoms with Gasteiger partial charge in [-0.1, -0.05) is 130 Å². The van der Waals surface area contributed by atoms with E-state index in [4.69, 9.17) is 0 Å². The topological polar surface area (TPSA) is 44.0 Å². The van der Waals surface area contributed by atoms with Gasteiger partial charge in [-0.05, 0) is 35.6 Å². The van der Waals surface area contributed by atoms with Crippen molar-refractivity contribution in [1.82, 2.24) is 9.13 Å². The second-order valence-electron chi connectivity index (χ2n) is 11.1. The molecule has 0 saturated heterocycles. The Labute approximate surface area is 254 Å². The predicted molar refractivity (Wildman–Crippen MR) is 180 cm³/mol. The van der Waals surface area contributed by atoms with Gasteiger partial charge in [0.2, 0.25) is 0 Å². The van der Waals surface area contributed by atoms with Crippen molar-refractivity contribution in [3.05, 3.63) is 120 Å². The lowest BCUT2D eigenvalue weighted by Gasteiger charge is -2.19. The summed E-state index contributed by atoms with van der Waals surface area (Å²) < 4.78 is 4.45. The maximum absolute atomic E-state index is 11.9. The molecule has 0 spiro atoms. The first kappa shape index (κ1) is 29.8. The SMILES string of the molecule is CCCCC(CC)Cn1c(-c2ccccc2)c(C=O)c2ccccc21.Cn1c(-c2ccccc2)c(C=O)c2ccccc21. The highest BCUT2D eigenvalue weighted by atomic mass is 16.1. The minimum Gasteiger partial charge on any atom is -0.343 e. The van der Waals surface area contributed by atoms with Crippen LogP contribution in [0.25, 0.3) is 44.3 Å². The van der Waals surface area contributed by atoms with E-state index in [9.17, 15) is 9.59 Å². The van der Waals surface area contributed by atoms with Crippen LogP contribution >= 0.6 is 0 Å². The summed E-state index contributed by atoms with van der Waals surface area (Å²) in [7, 11) is 2.00. The molecule has 0 amide bonds. The molecule has 1 atom stereocenters. The summed E-state index contributed by atoms with van der Waals surface area (Å²) in [4.78, 5) is 23.4. The van der Waals surface area contributed by atoms with Crippen LogP contribution in [0.4, 0.5) is 0 Å². The molecule has 6 rings (SSSR count). The molecule has 218 valence electrons. The van der Waals surface area contributed by atoms with E-state index in [0.29, 0.717) is 5.92 Å². The monoisotopic (exact) mass is 568 g/mol. The van der Waals surface area contributed by atoms with Gasteiger partial charge < -0.3 is 9.13 Å². The van der Waals surface area contributed by atoms with E-state index in [2.05, 4.69) is 53.3 Å². The number of benzene rings is 4. The lowest BCUT2D eigenvalue weighted by atomic mass is 9.99. The summed E-state index contributed by atoms with van der Waals surface area (Å²) >= 11 is 0. The zero-order chi connectivity index (χ0) is 30.2. The van der Waals surface area contributed by atoms with Crippen molar-refractivity contribution in [2.45, 2.75) is 46.1 Å². The number of carbonyl (C=O) groups excluding carboxylic acids is 2. The molecule has 4 nitrogen and oxygen atoms in total. The van der Waals surface area contributed by atoms with Gasteiger partial charge in [-0.2, -0.15) is 0 Å². The third kappa shape index (κ3) is 6.10. The first-order valence-electron chi connectivity index (χ1n) is 15.3. The van der Waals surface area contributed by atoms with Gasteiger partial charge in [0.05, 0.1) is 11.4 Å². The van der Waals surface area contributed by atoms with E-state index in [1.807, 2.05) is 85.9 Å². The molecule has 2 heterocycles. The van der Waals surface area contributed by atoms with E-state index >= 15 is 0 Å². The lowest BCUT2D eigenvalue weighted by molar-refractivity contribution is 0.111. The number of rotatable bonds is 10. The molecule has 1 unspecified atom stereocenters. The molecule has 0 fully saturated rings. The molecule has 0 aliphatic carbocycles. The second kappa shape index (κ2) is 14.0. The Bertz CT molecular complexity index is 1810. The van der Waals surface area contributed by atoms with E-state index in [1.54, 1.807) is 0 Å². The molecule has 2 aromatic heterocycles. The third-order valence-corrected chi connectivity index (χ3v) is 8.47. The quantitative estimate of drug-likeness (QED) is 0.154. The Balaban J connectivity index is 0.000000180. The molecule has 4 aromatic carbocycles. The standard InChI is InChI=1S/C23H27NO.C16H13NO/c1-3-5-11-18(4-2)16-24-22-15-10-9-14-20(22)21(17-25)23(24)19-12-7-6-8-13-19;1-17-15-10-6-5-9-13(15)14(11-18)16(17)12-7-3-2-4-8-12/h6-10,12-15,17-18H,3-5,11,16H2,1-2H3;2-11H,1H3. The Morgan fingerprint density at radius 1 is 0.628 bits per heavy atom. The number of hydrogen-bond acceptors (Lipinski definition) is 2. The number of aldehydes is 2. The maximum Gasteiger partial charge on any atom is 0.152 e. The van der Waals surface area contributed by atoms with Crippen LogP contribution in [0.3, 0.4) is 0 Å². The van der Waals surface area contributed by atoms with Crippen LogP contribution in [-0.2, 0) is 13.6 Å². The molecular formula is C39H40N2O2. The molecule has 6 aromatic rings. The van der Waals surface area contributed by atoms with E-state index < -0.39 is 0 Å². The molecule has 0 radical (unpaired) electrons. The van der Waals surface area contributed by atoms with Crippen LogP contribution in [0, 0.1) is 5.92 Å². The zero-order valence-corrected chi connectivity index (χ0v) is 25.4. The number of fused-ring (bicyclic) bond motifs is 2. The fourth-order valence-electron chi connectivity index (χ4n) is 6.21. The predicted octanol–water partition coefficient (Wildman–Crippen LogP) is 9.99. The van der Waals surface area contributed by atoms with E-state index in [1.165, 1.54) is 24.8 Å². The Morgan fingerprint density at radius 3 is 1.67 bits per heavy atom. The number of aromatic nitrogens is 2. The van der Waals surface area contributed by atoms with Crippen LogP contribution < -0.4 is 0 Å². The van der Waals surface area contributed by atoms with Gasteiger partial charge >= 0.3 is 0 Å². The first-order chi connectivity index (χ1) is 21.1. The molecule has 43 heavy (non-hydrogen) atoms. The maximum atomic E-state index is 11.9. The second-order valence-corrected chi connectivity index (χ2v) is 11.1. The molecule has 0 saturated carbocycles. The van der Waals surface area contributed by atoms with Crippen LogP contribution in [0.1, 0.15) is 60.2 Å².